The second kappa shape index (κ2) is 7.17. The third-order valence-corrected chi connectivity index (χ3v) is 4.32. The van der Waals surface area contributed by atoms with Gasteiger partial charge >= 0.3 is 6.09 Å². The van der Waals surface area contributed by atoms with Crippen LogP contribution < -0.4 is 0 Å². The number of rotatable bonds is 5. The van der Waals surface area contributed by atoms with Crippen LogP contribution in [-0.4, -0.2) is 30.2 Å². The number of carbonyl (C=O) groups is 1. The average Bonchev–Trinajstić information content (AvgIpc) is 2.94. The van der Waals surface area contributed by atoms with Gasteiger partial charge in [0.05, 0.1) is 12.5 Å². The highest BCUT2D eigenvalue weighted by molar-refractivity contribution is 5.70. The van der Waals surface area contributed by atoms with Crippen LogP contribution in [0.15, 0.2) is 42.5 Å². The van der Waals surface area contributed by atoms with Crippen molar-refractivity contribution in [3.05, 3.63) is 71.0 Å². The van der Waals surface area contributed by atoms with Gasteiger partial charge in [0.15, 0.2) is 11.6 Å². The highest BCUT2D eigenvalue weighted by atomic mass is 19.2. The summed E-state index contributed by atoms with van der Waals surface area (Å²) >= 11 is 0. The number of halogens is 3. The van der Waals surface area contributed by atoms with Crippen molar-refractivity contribution in [2.75, 3.05) is 13.1 Å². The number of cyclic esters (lactones) is 1. The highest BCUT2D eigenvalue weighted by Crippen LogP contribution is 2.35. The SMILES string of the molecule is CCCN1CC(C(c2ccc(F)cc2)c2cccc(F)c2F)OC1=O. The predicted octanol–water partition coefficient (Wildman–Crippen LogP) is 4.47. The van der Waals surface area contributed by atoms with Crippen molar-refractivity contribution in [2.24, 2.45) is 0 Å². The normalized spacial score (nSPS) is 18.3. The summed E-state index contributed by atoms with van der Waals surface area (Å²) in [5.74, 6) is -3.11. The molecule has 0 N–H and O–H groups in total. The van der Waals surface area contributed by atoms with Gasteiger partial charge in [0.2, 0.25) is 0 Å². The first-order valence-corrected chi connectivity index (χ1v) is 8.16. The molecule has 2 aromatic rings. The standard InChI is InChI=1S/C19H18F3NO2/c1-2-10-23-11-16(25-19(23)24)17(12-6-8-13(20)9-7-12)14-4-3-5-15(21)18(14)22/h3-9,16-17H,2,10-11H2,1H3. The maximum atomic E-state index is 14.4. The second-order valence-corrected chi connectivity index (χ2v) is 6.04. The lowest BCUT2D eigenvalue weighted by molar-refractivity contribution is 0.125. The fourth-order valence-electron chi connectivity index (χ4n) is 3.18. The van der Waals surface area contributed by atoms with Gasteiger partial charge in [0.25, 0.3) is 0 Å². The van der Waals surface area contributed by atoms with Gasteiger partial charge in [0.1, 0.15) is 11.9 Å². The average molecular weight is 349 g/mol. The molecule has 1 fully saturated rings. The molecule has 132 valence electrons. The molecular weight excluding hydrogens is 331 g/mol. The van der Waals surface area contributed by atoms with Gasteiger partial charge in [-0.1, -0.05) is 31.2 Å². The molecule has 2 unspecified atom stereocenters. The quantitative estimate of drug-likeness (QED) is 0.797. The number of hydrogen-bond donors (Lipinski definition) is 0. The molecule has 0 radical (unpaired) electrons. The minimum Gasteiger partial charge on any atom is -0.443 e. The van der Waals surface area contributed by atoms with Gasteiger partial charge in [-0.25, -0.2) is 18.0 Å². The van der Waals surface area contributed by atoms with E-state index < -0.39 is 35.6 Å². The summed E-state index contributed by atoms with van der Waals surface area (Å²) in [6.07, 6.45) is -0.395. The van der Waals surface area contributed by atoms with E-state index in [0.717, 1.165) is 12.5 Å². The van der Waals surface area contributed by atoms with E-state index >= 15 is 0 Å². The van der Waals surface area contributed by atoms with E-state index in [9.17, 15) is 18.0 Å². The van der Waals surface area contributed by atoms with E-state index in [0.29, 0.717) is 12.1 Å². The number of amides is 1. The molecule has 6 heteroatoms. The van der Waals surface area contributed by atoms with Crippen LogP contribution in [0.4, 0.5) is 18.0 Å². The largest absolute Gasteiger partial charge is 0.443 e. The third-order valence-electron chi connectivity index (χ3n) is 4.32. The molecule has 1 aliphatic heterocycles. The predicted molar refractivity (Wildman–Crippen MR) is 86.7 cm³/mol. The van der Waals surface area contributed by atoms with Crippen LogP contribution in [0.1, 0.15) is 30.4 Å². The molecule has 3 nitrogen and oxygen atoms in total. The fourth-order valence-corrected chi connectivity index (χ4v) is 3.18. The summed E-state index contributed by atoms with van der Waals surface area (Å²) in [7, 11) is 0. The van der Waals surface area contributed by atoms with Crippen LogP contribution in [0.3, 0.4) is 0 Å². The summed E-state index contributed by atoms with van der Waals surface area (Å²) < 4.78 is 46.8. The Morgan fingerprint density at radius 2 is 1.88 bits per heavy atom. The molecule has 25 heavy (non-hydrogen) atoms. The van der Waals surface area contributed by atoms with E-state index in [1.165, 1.54) is 36.4 Å². The van der Waals surface area contributed by atoms with Crippen LogP contribution >= 0.6 is 0 Å². The highest BCUT2D eigenvalue weighted by Gasteiger charge is 2.39. The number of carbonyl (C=O) groups excluding carboxylic acids is 1. The smallest absolute Gasteiger partial charge is 0.410 e. The van der Waals surface area contributed by atoms with E-state index in [4.69, 9.17) is 4.74 Å². The zero-order valence-electron chi connectivity index (χ0n) is 13.7. The van der Waals surface area contributed by atoms with Gasteiger partial charge in [-0.3, -0.25) is 0 Å². The van der Waals surface area contributed by atoms with Crippen LogP contribution in [0.5, 0.6) is 0 Å². The number of ether oxygens (including phenoxy) is 1. The van der Waals surface area contributed by atoms with Crippen LogP contribution in [0.2, 0.25) is 0 Å². The van der Waals surface area contributed by atoms with E-state index in [-0.39, 0.29) is 12.1 Å². The maximum absolute atomic E-state index is 14.4. The van der Waals surface area contributed by atoms with Gasteiger partial charge in [0, 0.05) is 12.1 Å². The molecule has 1 saturated heterocycles. The van der Waals surface area contributed by atoms with Crippen LogP contribution in [0.25, 0.3) is 0 Å². The molecule has 2 atom stereocenters. The Morgan fingerprint density at radius 3 is 2.56 bits per heavy atom. The molecule has 0 saturated carbocycles. The van der Waals surface area contributed by atoms with E-state index in [2.05, 4.69) is 0 Å². The van der Waals surface area contributed by atoms with Crippen LogP contribution in [-0.2, 0) is 4.74 Å². The molecule has 0 spiro atoms. The molecule has 1 amide bonds. The van der Waals surface area contributed by atoms with Crippen molar-refractivity contribution < 1.29 is 22.7 Å². The van der Waals surface area contributed by atoms with Crippen LogP contribution in [0, 0.1) is 17.5 Å². The molecule has 0 bridgehead atoms. The summed E-state index contributed by atoms with van der Waals surface area (Å²) in [4.78, 5) is 13.6. The first-order chi connectivity index (χ1) is 12.0. The zero-order chi connectivity index (χ0) is 18.0. The first-order valence-electron chi connectivity index (χ1n) is 8.16. The lowest BCUT2D eigenvalue weighted by atomic mass is 9.86. The topological polar surface area (TPSA) is 29.5 Å². The lowest BCUT2D eigenvalue weighted by Crippen LogP contribution is -2.28. The molecule has 1 aliphatic rings. The minimum atomic E-state index is -0.984. The van der Waals surface area contributed by atoms with Crippen molar-refractivity contribution in [3.8, 4) is 0 Å². The van der Waals surface area contributed by atoms with Gasteiger partial charge < -0.3 is 9.64 Å². The molecule has 0 aliphatic carbocycles. The zero-order valence-corrected chi connectivity index (χ0v) is 13.7. The van der Waals surface area contributed by atoms with Crippen molar-refractivity contribution in [1.29, 1.82) is 0 Å². The monoisotopic (exact) mass is 349 g/mol. The minimum absolute atomic E-state index is 0.0859. The number of hydrogen-bond acceptors (Lipinski definition) is 2. The van der Waals surface area contributed by atoms with Gasteiger partial charge in [-0.2, -0.15) is 0 Å². The fraction of sp³-hybridized carbons (Fsp3) is 0.316. The van der Waals surface area contributed by atoms with Crippen molar-refractivity contribution >= 4 is 6.09 Å². The summed E-state index contributed by atoms with van der Waals surface area (Å²) in [6, 6.07) is 9.40. The Balaban J connectivity index is 2.02. The van der Waals surface area contributed by atoms with Gasteiger partial charge in [-0.05, 0) is 30.2 Å². The Bertz CT molecular complexity index is 764. The summed E-state index contributed by atoms with van der Waals surface area (Å²) in [6.45, 7) is 2.73. The number of nitrogens with zero attached hydrogens (tertiary/aromatic N) is 1. The number of benzene rings is 2. The van der Waals surface area contributed by atoms with Crippen molar-refractivity contribution in [1.82, 2.24) is 4.90 Å². The summed E-state index contributed by atoms with van der Waals surface area (Å²) in [5, 5.41) is 0. The van der Waals surface area contributed by atoms with Gasteiger partial charge in [-0.15, -0.1) is 0 Å². The first kappa shape index (κ1) is 17.3. The van der Waals surface area contributed by atoms with E-state index in [1.54, 1.807) is 4.90 Å². The van der Waals surface area contributed by atoms with Crippen molar-refractivity contribution in [3.63, 3.8) is 0 Å². The Kier molecular flexibility index (Phi) is 4.97. The Hall–Kier alpha value is -2.50. The Labute approximate surface area is 144 Å². The molecule has 1 heterocycles. The van der Waals surface area contributed by atoms with Crippen molar-refractivity contribution in [2.45, 2.75) is 25.4 Å². The molecular formula is C19H18F3NO2. The summed E-state index contributed by atoms with van der Waals surface area (Å²) in [5.41, 5.74) is 0.643. The molecule has 0 aromatic heterocycles. The molecule has 2 aromatic carbocycles. The third kappa shape index (κ3) is 3.48. The maximum Gasteiger partial charge on any atom is 0.410 e. The lowest BCUT2D eigenvalue weighted by Gasteiger charge is -2.23. The second-order valence-electron chi connectivity index (χ2n) is 6.04. The Morgan fingerprint density at radius 1 is 1.16 bits per heavy atom. The van der Waals surface area contributed by atoms with E-state index in [1.807, 2.05) is 6.92 Å². The molecule has 3 rings (SSSR count).